The maximum atomic E-state index is 11.8. The molecule has 104 valence electrons. The van der Waals surface area contributed by atoms with Gasteiger partial charge in [-0.25, -0.2) is 0 Å². The van der Waals surface area contributed by atoms with Crippen LogP contribution in [0.15, 0.2) is 18.2 Å². The van der Waals surface area contributed by atoms with Crippen molar-refractivity contribution in [3.63, 3.8) is 0 Å². The van der Waals surface area contributed by atoms with Crippen molar-refractivity contribution in [2.75, 3.05) is 6.54 Å². The summed E-state index contributed by atoms with van der Waals surface area (Å²) >= 11 is 6.11. The van der Waals surface area contributed by atoms with E-state index in [-0.39, 0.29) is 12.3 Å². The number of carboxylic acids is 1. The topological polar surface area (TPSA) is 66.4 Å². The Kier molecular flexibility index (Phi) is 5.83. The number of carbonyl (C=O) groups is 2. The zero-order valence-corrected chi connectivity index (χ0v) is 11.8. The van der Waals surface area contributed by atoms with Crippen molar-refractivity contribution in [3.05, 3.63) is 34.3 Å². The third kappa shape index (κ3) is 4.91. The molecule has 0 heterocycles. The maximum Gasteiger partial charge on any atom is 0.303 e. The van der Waals surface area contributed by atoms with Crippen molar-refractivity contribution in [2.24, 2.45) is 0 Å². The van der Waals surface area contributed by atoms with Gasteiger partial charge in [0, 0.05) is 23.6 Å². The van der Waals surface area contributed by atoms with Crippen LogP contribution in [0.25, 0.3) is 0 Å². The molecule has 5 heteroatoms. The van der Waals surface area contributed by atoms with Crippen molar-refractivity contribution >= 4 is 23.5 Å². The second-order valence-corrected chi connectivity index (χ2v) is 5.05. The van der Waals surface area contributed by atoms with Crippen LogP contribution in [0, 0.1) is 0 Å². The quantitative estimate of drug-likeness (QED) is 0.789. The highest BCUT2D eigenvalue weighted by Gasteiger charge is 2.10. The molecule has 19 heavy (non-hydrogen) atoms. The zero-order valence-electron chi connectivity index (χ0n) is 11.1. The number of rotatable bonds is 6. The number of hydrogen-bond acceptors (Lipinski definition) is 2. The Labute approximate surface area is 117 Å². The van der Waals surface area contributed by atoms with E-state index in [0.29, 0.717) is 29.5 Å². The Hall–Kier alpha value is -1.55. The summed E-state index contributed by atoms with van der Waals surface area (Å²) in [7, 11) is 0. The van der Waals surface area contributed by atoms with E-state index in [0.717, 1.165) is 5.56 Å². The van der Waals surface area contributed by atoms with Crippen molar-refractivity contribution in [1.82, 2.24) is 5.32 Å². The average molecular weight is 284 g/mol. The number of carbonyl (C=O) groups excluding carboxylic acids is 1. The molecule has 0 aliphatic heterocycles. The molecule has 1 amide bonds. The molecule has 0 radical (unpaired) electrons. The Morgan fingerprint density at radius 2 is 2.05 bits per heavy atom. The molecule has 0 atom stereocenters. The van der Waals surface area contributed by atoms with E-state index in [9.17, 15) is 9.59 Å². The highest BCUT2D eigenvalue weighted by molar-refractivity contribution is 6.31. The van der Waals surface area contributed by atoms with Crippen LogP contribution in [0.2, 0.25) is 5.02 Å². The van der Waals surface area contributed by atoms with E-state index in [1.165, 1.54) is 0 Å². The minimum Gasteiger partial charge on any atom is -0.481 e. The van der Waals surface area contributed by atoms with E-state index in [1.54, 1.807) is 12.1 Å². The third-order valence-electron chi connectivity index (χ3n) is 2.74. The van der Waals surface area contributed by atoms with Gasteiger partial charge in [-0.3, -0.25) is 9.59 Å². The summed E-state index contributed by atoms with van der Waals surface area (Å²) in [5.41, 5.74) is 1.49. The molecule has 1 aromatic rings. The predicted molar refractivity (Wildman–Crippen MR) is 74.7 cm³/mol. The van der Waals surface area contributed by atoms with E-state index in [1.807, 2.05) is 19.9 Å². The molecule has 0 unspecified atom stereocenters. The van der Waals surface area contributed by atoms with Crippen LogP contribution in [-0.4, -0.2) is 23.5 Å². The first-order valence-electron chi connectivity index (χ1n) is 6.21. The highest BCUT2D eigenvalue weighted by Crippen LogP contribution is 2.25. The normalized spacial score (nSPS) is 10.5. The molecule has 0 aliphatic rings. The molecule has 0 bridgehead atoms. The molecule has 0 aliphatic carbocycles. The molecular weight excluding hydrogens is 266 g/mol. The second kappa shape index (κ2) is 7.14. The van der Waals surface area contributed by atoms with Crippen LogP contribution in [0.3, 0.4) is 0 Å². The molecule has 0 saturated heterocycles. The van der Waals surface area contributed by atoms with Crippen LogP contribution < -0.4 is 5.32 Å². The van der Waals surface area contributed by atoms with Gasteiger partial charge in [-0.2, -0.15) is 0 Å². The van der Waals surface area contributed by atoms with Crippen molar-refractivity contribution < 1.29 is 14.7 Å². The Balaban J connectivity index is 2.58. The minimum absolute atomic E-state index is 0.0489. The lowest BCUT2D eigenvalue weighted by Gasteiger charge is -2.10. The Bertz CT molecular complexity index is 472. The Morgan fingerprint density at radius 3 is 2.58 bits per heavy atom. The van der Waals surface area contributed by atoms with Crippen LogP contribution in [0.1, 0.15) is 48.5 Å². The van der Waals surface area contributed by atoms with Gasteiger partial charge in [-0.05, 0) is 30.0 Å². The summed E-state index contributed by atoms with van der Waals surface area (Å²) in [5.74, 6) is -0.790. The van der Waals surface area contributed by atoms with Gasteiger partial charge in [0.25, 0.3) is 5.91 Å². The predicted octanol–water partition coefficient (Wildman–Crippen LogP) is 3.06. The maximum absolute atomic E-state index is 11.8. The van der Waals surface area contributed by atoms with Gasteiger partial charge in [0.15, 0.2) is 0 Å². The molecule has 0 aromatic heterocycles. The van der Waals surface area contributed by atoms with Crippen LogP contribution in [-0.2, 0) is 4.79 Å². The molecular formula is C14H18ClNO3. The fraction of sp³-hybridized carbons (Fsp3) is 0.429. The summed E-state index contributed by atoms with van der Waals surface area (Å²) in [5, 5.41) is 11.7. The first-order chi connectivity index (χ1) is 8.91. The fourth-order valence-corrected chi connectivity index (χ4v) is 2.08. The monoisotopic (exact) mass is 283 g/mol. The smallest absolute Gasteiger partial charge is 0.303 e. The lowest BCUT2D eigenvalue weighted by molar-refractivity contribution is -0.137. The molecule has 4 nitrogen and oxygen atoms in total. The molecule has 0 spiro atoms. The number of amides is 1. The molecule has 1 rings (SSSR count). The summed E-state index contributed by atoms with van der Waals surface area (Å²) in [6.07, 6.45) is 0.464. The highest BCUT2D eigenvalue weighted by atomic mass is 35.5. The molecule has 2 N–H and O–H groups in total. The number of hydrogen-bond donors (Lipinski definition) is 2. The van der Waals surface area contributed by atoms with Gasteiger partial charge in [-0.15, -0.1) is 0 Å². The largest absolute Gasteiger partial charge is 0.481 e. The molecule has 1 aromatic carbocycles. The first kappa shape index (κ1) is 15.5. The van der Waals surface area contributed by atoms with E-state index in [4.69, 9.17) is 16.7 Å². The lowest BCUT2D eigenvalue weighted by atomic mass is 10.0. The summed E-state index contributed by atoms with van der Waals surface area (Å²) in [6, 6.07) is 5.22. The number of aliphatic carboxylic acids is 1. The third-order valence-corrected chi connectivity index (χ3v) is 3.06. The first-order valence-corrected chi connectivity index (χ1v) is 6.59. The number of halogens is 1. The molecule has 0 saturated carbocycles. The van der Waals surface area contributed by atoms with Gasteiger partial charge in [-0.1, -0.05) is 31.5 Å². The Morgan fingerprint density at radius 1 is 1.37 bits per heavy atom. The molecule has 0 fully saturated rings. The summed E-state index contributed by atoms with van der Waals surface area (Å²) < 4.78 is 0. The van der Waals surface area contributed by atoms with E-state index >= 15 is 0 Å². The zero-order chi connectivity index (χ0) is 14.4. The van der Waals surface area contributed by atoms with Gasteiger partial charge >= 0.3 is 5.97 Å². The number of benzene rings is 1. The fourth-order valence-electron chi connectivity index (χ4n) is 1.68. The van der Waals surface area contributed by atoms with Crippen LogP contribution in [0.5, 0.6) is 0 Å². The van der Waals surface area contributed by atoms with Crippen molar-refractivity contribution in [2.45, 2.75) is 32.6 Å². The van der Waals surface area contributed by atoms with Gasteiger partial charge in [0.1, 0.15) is 0 Å². The SMILES string of the molecule is CC(C)c1ccc(C(=O)NCCCC(=O)O)cc1Cl. The summed E-state index contributed by atoms with van der Waals surface area (Å²) in [6.45, 7) is 4.41. The van der Waals surface area contributed by atoms with Crippen molar-refractivity contribution in [3.8, 4) is 0 Å². The van der Waals surface area contributed by atoms with E-state index < -0.39 is 5.97 Å². The van der Waals surface area contributed by atoms with Crippen molar-refractivity contribution in [1.29, 1.82) is 0 Å². The standard InChI is InChI=1S/C14H18ClNO3/c1-9(2)11-6-5-10(8-12(11)15)14(19)16-7-3-4-13(17)18/h5-6,8-9H,3-4,7H2,1-2H3,(H,16,19)(H,17,18). The minimum atomic E-state index is -0.862. The number of nitrogens with one attached hydrogen (secondary N) is 1. The average Bonchev–Trinajstić information content (AvgIpc) is 2.33. The van der Waals surface area contributed by atoms with Crippen LogP contribution >= 0.6 is 11.6 Å². The summed E-state index contributed by atoms with van der Waals surface area (Å²) in [4.78, 5) is 22.1. The lowest BCUT2D eigenvalue weighted by Crippen LogP contribution is -2.24. The van der Waals surface area contributed by atoms with Gasteiger partial charge in [0.05, 0.1) is 0 Å². The van der Waals surface area contributed by atoms with E-state index in [2.05, 4.69) is 5.32 Å². The van der Waals surface area contributed by atoms with Crippen LogP contribution in [0.4, 0.5) is 0 Å². The second-order valence-electron chi connectivity index (χ2n) is 4.64. The van der Waals surface area contributed by atoms with Gasteiger partial charge < -0.3 is 10.4 Å². The number of carboxylic acid groups (broad SMARTS) is 1. The van der Waals surface area contributed by atoms with Gasteiger partial charge in [0.2, 0.25) is 0 Å².